The molecule has 0 radical (unpaired) electrons. The molecule has 0 aromatic heterocycles. The second kappa shape index (κ2) is 8.90. The Hall–Kier alpha value is -0.120. The molecule has 2 N–H and O–H groups in total. The van der Waals surface area contributed by atoms with Gasteiger partial charge >= 0.3 is 0 Å². The van der Waals surface area contributed by atoms with E-state index in [4.69, 9.17) is 0 Å². The highest BCUT2D eigenvalue weighted by molar-refractivity contribution is 4.78. The zero-order valence-electron chi connectivity index (χ0n) is 11.6. The van der Waals surface area contributed by atoms with Crippen molar-refractivity contribution < 1.29 is 5.11 Å². The highest BCUT2D eigenvalue weighted by atomic mass is 16.3. The van der Waals surface area contributed by atoms with E-state index >= 15 is 0 Å². The predicted molar refractivity (Wildman–Crippen MR) is 73.3 cm³/mol. The van der Waals surface area contributed by atoms with Crippen LogP contribution in [0.5, 0.6) is 0 Å². The summed E-state index contributed by atoms with van der Waals surface area (Å²) < 4.78 is 0. The largest absolute Gasteiger partial charge is 0.395 e. The van der Waals surface area contributed by atoms with Crippen LogP contribution in [0, 0.1) is 0 Å². The lowest BCUT2D eigenvalue weighted by molar-refractivity contribution is 0.176. The first kappa shape index (κ1) is 14.9. The van der Waals surface area contributed by atoms with Gasteiger partial charge in [0.05, 0.1) is 6.61 Å². The summed E-state index contributed by atoms with van der Waals surface area (Å²) in [6.07, 6.45) is 7.76. The van der Waals surface area contributed by atoms with Gasteiger partial charge < -0.3 is 15.3 Å². The van der Waals surface area contributed by atoms with Crippen LogP contribution in [-0.4, -0.2) is 48.3 Å². The van der Waals surface area contributed by atoms with Crippen molar-refractivity contribution in [1.82, 2.24) is 10.2 Å². The van der Waals surface area contributed by atoms with Crippen molar-refractivity contribution in [3.05, 3.63) is 0 Å². The maximum absolute atomic E-state index is 9.32. The Kier molecular flexibility index (Phi) is 7.82. The topological polar surface area (TPSA) is 35.5 Å². The zero-order chi connectivity index (χ0) is 12.5. The van der Waals surface area contributed by atoms with Crippen LogP contribution in [0.25, 0.3) is 0 Å². The lowest BCUT2D eigenvalue weighted by Gasteiger charge is -2.29. The van der Waals surface area contributed by atoms with Gasteiger partial charge in [-0.25, -0.2) is 0 Å². The van der Waals surface area contributed by atoms with Crippen molar-refractivity contribution in [3.63, 3.8) is 0 Å². The first-order valence-corrected chi connectivity index (χ1v) is 7.40. The number of hydrogen-bond donors (Lipinski definition) is 2. The van der Waals surface area contributed by atoms with E-state index in [0.717, 1.165) is 38.5 Å². The van der Waals surface area contributed by atoms with Gasteiger partial charge in [0.25, 0.3) is 0 Å². The molecular formula is C14H30N2O. The molecule has 0 aromatic carbocycles. The van der Waals surface area contributed by atoms with Crippen molar-refractivity contribution in [3.8, 4) is 0 Å². The van der Waals surface area contributed by atoms with Crippen LogP contribution in [0.3, 0.4) is 0 Å². The van der Waals surface area contributed by atoms with E-state index in [-0.39, 0.29) is 12.6 Å². The van der Waals surface area contributed by atoms with Gasteiger partial charge in [-0.3, -0.25) is 0 Å². The van der Waals surface area contributed by atoms with Crippen LogP contribution in [0.1, 0.15) is 52.4 Å². The van der Waals surface area contributed by atoms with Gasteiger partial charge in [0, 0.05) is 12.1 Å². The summed E-state index contributed by atoms with van der Waals surface area (Å²) >= 11 is 0. The molecule has 0 heterocycles. The van der Waals surface area contributed by atoms with Gasteiger partial charge in [-0.15, -0.1) is 0 Å². The smallest absolute Gasteiger partial charge is 0.0585 e. The van der Waals surface area contributed by atoms with Gasteiger partial charge in [0.1, 0.15) is 0 Å². The molecule has 0 bridgehead atoms. The van der Waals surface area contributed by atoms with E-state index in [1.807, 2.05) is 0 Å². The highest BCUT2D eigenvalue weighted by Gasteiger charge is 2.21. The second-order valence-corrected chi connectivity index (χ2v) is 5.19. The third-order valence-electron chi connectivity index (χ3n) is 3.92. The minimum Gasteiger partial charge on any atom is -0.395 e. The molecule has 0 amide bonds. The van der Waals surface area contributed by atoms with Gasteiger partial charge in [-0.1, -0.05) is 26.7 Å². The molecule has 1 saturated carbocycles. The van der Waals surface area contributed by atoms with Crippen LogP contribution in [0.4, 0.5) is 0 Å². The van der Waals surface area contributed by atoms with E-state index < -0.39 is 0 Å². The molecule has 17 heavy (non-hydrogen) atoms. The average Bonchev–Trinajstić information content (AvgIpc) is 2.87. The predicted octanol–water partition coefficient (Wildman–Crippen LogP) is 2.00. The zero-order valence-corrected chi connectivity index (χ0v) is 11.6. The van der Waals surface area contributed by atoms with E-state index in [1.54, 1.807) is 0 Å². The summed E-state index contributed by atoms with van der Waals surface area (Å²) in [6.45, 7) is 7.98. The number of nitrogens with zero attached hydrogens (tertiary/aromatic N) is 1. The van der Waals surface area contributed by atoms with Crippen LogP contribution in [0.15, 0.2) is 0 Å². The van der Waals surface area contributed by atoms with Crippen molar-refractivity contribution >= 4 is 0 Å². The van der Waals surface area contributed by atoms with Gasteiger partial charge in [-0.05, 0) is 45.3 Å². The molecule has 0 aliphatic heterocycles. The van der Waals surface area contributed by atoms with Crippen molar-refractivity contribution in [1.29, 1.82) is 0 Å². The summed E-state index contributed by atoms with van der Waals surface area (Å²) in [5.74, 6) is 0. The molecule has 0 spiro atoms. The SMILES string of the molecule is CCCNC(CO)CCN(CC)C1CCCC1. The first-order chi connectivity index (χ1) is 8.31. The monoisotopic (exact) mass is 242 g/mol. The lowest BCUT2D eigenvalue weighted by atomic mass is 10.1. The summed E-state index contributed by atoms with van der Waals surface area (Å²) in [7, 11) is 0. The Morgan fingerprint density at radius 2 is 2.00 bits per heavy atom. The van der Waals surface area contributed by atoms with Crippen LogP contribution >= 0.6 is 0 Å². The summed E-state index contributed by atoms with van der Waals surface area (Å²) in [5.41, 5.74) is 0. The number of aliphatic hydroxyl groups excluding tert-OH is 1. The molecule has 1 unspecified atom stereocenters. The normalized spacial score (nSPS) is 19.1. The van der Waals surface area contributed by atoms with Crippen LogP contribution in [-0.2, 0) is 0 Å². The number of nitrogens with one attached hydrogen (secondary N) is 1. The minimum absolute atomic E-state index is 0.266. The Balaban J connectivity index is 2.24. The number of aliphatic hydroxyl groups is 1. The molecule has 0 aromatic rings. The molecule has 1 aliphatic rings. The molecule has 102 valence electrons. The Morgan fingerprint density at radius 1 is 1.29 bits per heavy atom. The molecule has 3 nitrogen and oxygen atoms in total. The van der Waals surface area contributed by atoms with E-state index in [0.29, 0.717) is 0 Å². The Bertz CT molecular complexity index is 181. The fourth-order valence-electron chi connectivity index (χ4n) is 2.80. The van der Waals surface area contributed by atoms with Crippen LogP contribution < -0.4 is 5.32 Å². The fraction of sp³-hybridized carbons (Fsp3) is 1.00. The molecule has 1 rings (SSSR count). The summed E-state index contributed by atoms with van der Waals surface area (Å²) in [4.78, 5) is 2.60. The molecule has 1 fully saturated rings. The van der Waals surface area contributed by atoms with Gasteiger partial charge in [0.2, 0.25) is 0 Å². The second-order valence-electron chi connectivity index (χ2n) is 5.19. The van der Waals surface area contributed by atoms with Crippen molar-refractivity contribution in [2.24, 2.45) is 0 Å². The molecule has 0 saturated heterocycles. The molecule has 1 aliphatic carbocycles. The molecular weight excluding hydrogens is 212 g/mol. The third kappa shape index (κ3) is 5.36. The van der Waals surface area contributed by atoms with E-state index in [1.165, 1.54) is 25.7 Å². The minimum atomic E-state index is 0.266. The maximum atomic E-state index is 9.32. The third-order valence-corrected chi connectivity index (χ3v) is 3.92. The van der Waals surface area contributed by atoms with Gasteiger partial charge in [-0.2, -0.15) is 0 Å². The number of hydrogen-bond acceptors (Lipinski definition) is 3. The fourth-order valence-corrected chi connectivity index (χ4v) is 2.80. The van der Waals surface area contributed by atoms with Crippen molar-refractivity contribution in [2.75, 3.05) is 26.2 Å². The summed E-state index contributed by atoms with van der Waals surface area (Å²) in [6, 6.07) is 1.09. The van der Waals surface area contributed by atoms with Crippen molar-refractivity contribution in [2.45, 2.75) is 64.5 Å². The molecule has 1 atom stereocenters. The first-order valence-electron chi connectivity index (χ1n) is 7.40. The molecule has 3 heteroatoms. The summed E-state index contributed by atoms with van der Waals surface area (Å²) in [5, 5.41) is 12.7. The highest BCUT2D eigenvalue weighted by Crippen LogP contribution is 2.23. The quantitative estimate of drug-likeness (QED) is 0.649. The maximum Gasteiger partial charge on any atom is 0.0585 e. The van der Waals surface area contributed by atoms with E-state index in [9.17, 15) is 5.11 Å². The standard InChI is InChI=1S/C14H30N2O/c1-3-10-15-13(12-17)9-11-16(4-2)14-7-5-6-8-14/h13-15,17H,3-12H2,1-2H3. The Morgan fingerprint density at radius 3 is 2.53 bits per heavy atom. The lowest BCUT2D eigenvalue weighted by Crippen LogP contribution is -2.40. The van der Waals surface area contributed by atoms with E-state index in [2.05, 4.69) is 24.1 Å². The van der Waals surface area contributed by atoms with Crippen LogP contribution in [0.2, 0.25) is 0 Å². The van der Waals surface area contributed by atoms with Gasteiger partial charge in [0.15, 0.2) is 0 Å². The average molecular weight is 242 g/mol. The Labute approximate surface area is 107 Å². The number of rotatable bonds is 9.